The Labute approximate surface area is 135 Å². The molecule has 2 aromatic rings. The van der Waals surface area contributed by atoms with E-state index < -0.39 is 0 Å². The molecule has 3 rings (SSSR count). The second-order valence-electron chi connectivity index (χ2n) is 5.76. The summed E-state index contributed by atoms with van der Waals surface area (Å²) in [5.41, 5.74) is 2.08. The monoisotopic (exact) mass is 315 g/mol. The number of hydrogen-bond donors (Lipinski definition) is 1. The summed E-state index contributed by atoms with van der Waals surface area (Å²) >= 11 is 1.63. The summed E-state index contributed by atoms with van der Waals surface area (Å²) in [6.45, 7) is 0.672. The van der Waals surface area contributed by atoms with Gasteiger partial charge in [0.15, 0.2) is 0 Å². The van der Waals surface area contributed by atoms with E-state index in [0.717, 1.165) is 35.5 Å². The lowest BCUT2D eigenvalue weighted by Crippen LogP contribution is -2.33. The van der Waals surface area contributed by atoms with E-state index in [2.05, 4.69) is 20.7 Å². The SMILES string of the molecule is O=C(NCCc1csc(-c2cccnc2)n1)C1CCCCC1. The minimum absolute atomic E-state index is 0.224. The summed E-state index contributed by atoms with van der Waals surface area (Å²) in [6, 6.07) is 3.93. The van der Waals surface area contributed by atoms with Gasteiger partial charge >= 0.3 is 0 Å². The van der Waals surface area contributed by atoms with E-state index >= 15 is 0 Å². The average Bonchev–Trinajstić information content (AvgIpc) is 3.05. The van der Waals surface area contributed by atoms with Gasteiger partial charge in [-0.05, 0) is 25.0 Å². The summed E-state index contributed by atoms with van der Waals surface area (Å²) in [5, 5.41) is 6.12. The van der Waals surface area contributed by atoms with Gasteiger partial charge in [-0.3, -0.25) is 9.78 Å². The van der Waals surface area contributed by atoms with Crippen molar-refractivity contribution >= 4 is 17.2 Å². The summed E-state index contributed by atoms with van der Waals surface area (Å²) in [5.74, 6) is 0.456. The first kappa shape index (κ1) is 15.2. The van der Waals surface area contributed by atoms with Crippen LogP contribution in [0.2, 0.25) is 0 Å². The lowest BCUT2D eigenvalue weighted by Gasteiger charge is -2.20. The van der Waals surface area contributed by atoms with Crippen LogP contribution in [-0.4, -0.2) is 22.4 Å². The van der Waals surface area contributed by atoms with Crippen LogP contribution in [0.5, 0.6) is 0 Å². The van der Waals surface area contributed by atoms with Crippen LogP contribution in [0, 0.1) is 5.92 Å². The van der Waals surface area contributed by atoms with Gasteiger partial charge in [-0.25, -0.2) is 4.98 Å². The van der Waals surface area contributed by atoms with Crippen LogP contribution in [0.1, 0.15) is 37.8 Å². The van der Waals surface area contributed by atoms with Crippen molar-refractivity contribution in [2.24, 2.45) is 5.92 Å². The van der Waals surface area contributed by atoms with Gasteiger partial charge in [-0.2, -0.15) is 0 Å². The molecule has 4 nitrogen and oxygen atoms in total. The first-order valence-corrected chi connectivity index (χ1v) is 8.83. The average molecular weight is 315 g/mol. The Bertz CT molecular complexity index is 605. The van der Waals surface area contributed by atoms with Gasteiger partial charge in [0.1, 0.15) is 5.01 Å². The molecule has 0 atom stereocenters. The molecule has 1 amide bonds. The number of carbonyl (C=O) groups is 1. The third kappa shape index (κ3) is 3.91. The van der Waals surface area contributed by atoms with Crippen LogP contribution >= 0.6 is 11.3 Å². The molecule has 22 heavy (non-hydrogen) atoms. The Balaban J connectivity index is 1.48. The van der Waals surface area contributed by atoms with Gasteiger partial charge in [0.05, 0.1) is 5.69 Å². The van der Waals surface area contributed by atoms with Gasteiger partial charge in [-0.15, -0.1) is 11.3 Å². The standard InChI is InChI=1S/C17H21N3OS/c21-16(13-5-2-1-3-6-13)19-10-8-15-12-22-17(20-15)14-7-4-9-18-11-14/h4,7,9,11-13H,1-3,5-6,8,10H2,(H,19,21). The number of pyridine rings is 1. The van der Waals surface area contributed by atoms with Crippen molar-refractivity contribution in [1.29, 1.82) is 0 Å². The van der Waals surface area contributed by atoms with E-state index in [1.165, 1.54) is 19.3 Å². The van der Waals surface area contributed by atoms with Crippen molar-refractivity contribution in [3.63, 3.8) is 0 Å². The maximum absolute atomic E-state index is 12.1. The predicted molar refractivity (Wildman–Crippen MR) is 88.6 cm³/mol. The molecule has 1 aliphatic rings. The molecule has 0 spiro atoms. The zero-order valence-corrected chi connectivity index (χ0v) is 13.4. The fourth-order valence-corrected chi connectivity index (χ4v) is 3.71. The molecule has 116 valence electrons. The van der Waals surface area contributed by atoms with E-state index in [4.69, 9.17) is 0 Å². The van der Waals surface area contributed by atoms with Gasteiger partial charge < -0.3 is 5.32 Å². The second-order valence-corrected chi connectivity index (χ2v) is 6.62. The Morgan fingerprint density at radius 1 is 1.32 bits per heavy atom. The van der Waals surface area contributed by atoms with E-state index in [1.807, 2.05) is 18.3 Å². The smallest absolute Gasteiger partial charge is 0.223 e. The number of hydrogen-bond acceptors (Lipinski definition) is 4. The number of rotatable bonds is 5. The minimum Gasteiger partial charge on any atom is -0.355 e. The van der Waals surface area contributed by atoms with Crippen LogP contribution in [0.25, 0.3) is 10.6 Å². The quantitative estimate of drug-likeness (QED) is 0.919. The number of carbonyl (C=O) groups excluding carboxylic acids is 1. The molecule has 1 fully saturated rings. The highest BCUT2D eigenvalue weighted by molar-refractivity contribution is 7.13. The predicted octanol–water partition coefficient (Wildman–Crippen LogP) is 3.44. The first-order valence-electron chi connectivity index (χ1n) is 7.95. The normalized spacial score (nSPS) is 15.6. The third-order valence-electron chi connectivity index (χ3n) is 4.12. The van der Waals surface area contributed by atoms with Crippen LogP contribution < -0.4 is 5.32 Å². The van der Waals surface area contributed by atoms with E-state index in [1.54, 1.807) is 17.5 Å². The topological polar surface area (TPSA) is 54.9 Å². The Hall–Kier alpha value is -1.75. The highest BCUT2D eigenvalue weighted by Crippen LogP contribution is 2.24. The molecule has 5 heteroatoms. The van der Waals surface area contributed by atoms with Crippen LogP contribution in [0.4, 0.5) is 0 Å². The number of thiazole rings is 1. The molecule has 0 saturated heterocycles. The highest BCUT2D eigenvalue weighted by Gasteiger charge is 2.20. The summed E-state index contributed by atoms with van der Waals surface area (Å²) < 4.78 is 0. The fourth-order valence-electron chi connectivity index (χ4n) is 2.87. The Kier molecular flexibility index (Phi) is 5.16. The second kappa shape index (κ2) is 7.49. The third-order valence-corrected chi connectivity index (χ3v) is 5.06. The van der Waals surface area contributed by atoms with Crippen LogP contribution in [0.15, 0.2) is 29.9 Å². The van der Waals surface area contributed by atoms with Gasteiger partial charge in [-0.1, -0.05) is 19.3 Å². The van der Waals surface area contributed by atoms with Gasteiger partial charge in [0, 0.05) is 42.2 Å². The first-order chi connectivity index (χ1) is 10.8. The van der Waals surface area contributed by atoms with Crippen molar-refractivity contribution < 1.29 is 4.79 Å². The zero-order valence-electron chi connectivity index (χ0n) is 12.6. The molecule has 1 N–H and O–H groups in total. The lowest BCUT2D eigenvalue weighted by atomic mass is 9.89. The molecule has 2 heterocycles. The van der Waals surface area contributed by atoms with Crippen LogP contribution in [0.3, 0.4) is 0 Å². The molecule has 0 aliphatic heterocycles. The molecule has 0 unspecified atom stereocenters. The van der Waals surface area contributed by atoms with Crippen molar-refractivity contribution in [2.75, 3.05) is 6.54 Å². The van der Waals surface area contributed by atoms with E-state index in [0.29, 0.717) is 6.54 Å². The van der Waals surface area contributed by atoms with Gasteiger partial charge in [0.25, 0.3) is 0 Å². The Morgan fingerprint density at radius 2 is 2.18 bits per heavy atom. The molecular formula is C17H21N3OS. The van der Waals surface area contributed by atoms with Crippen molar-refractivity contribution in [1.82, 2.24) is 15.3 Å². The van der Waals surface area contributed by atoms with Crippen molar-refractivity contribution in [3.8, 4) is 10.6 Å². The van der Waals surface area contributed by atoms with E-state index in [9.17, 15) is 4.79 Å². The molecule has 0 radical (unpaired) electrons. The zero-order chi connectivity index (χ0) is 15.2. The molecule has 0 bridgehead atoms. The van der Waals surface area contributed by atoms with E-state index in [-0.39, 0.29) is 11.8 Å². The fraction of sp³-hybridized carbons (Fsp3) is 0.471. The molecular weight excluding hydrogens is 294 g/mol. The van der Waals surface area contributed by atoms with Crippen molar-refractivity contribution in [3.05, 3.63) is 35.6 Å². The summed E-state index contributed by atoms with van der Waals surface area (Å²) in [4.78, 5) is 20.8. The lowest BCUT2D eigenvalue weighted by molar-refractivity contribution is -0.125. The number of amides is 1. The maximum atomic E-state index is 12.1. The molecule has 1 saturated carbocycles. The van der Waals surface area contributed by atoms with Gasteiger partial charge in [0.2, 0.25) is 5.91 Å². The largest absolute Gasteiger partial charge is 0.355 e. The Morgan fingerprint density at radius 3 is 2.95 bits per heavy atom. The van der Waals surface area contributed by atoms with Crippen LogP contribution in [-0.2, 0) is 11.2 Å². The minimum atomic E-state index is 0.224. The highest BCUT2D eigenvalue weighted by atomic mass is 32.1. The molecule has 1 aliphatic carbocycles. The maximum Gasteiger partial charge on any atom is 0.223 e. The number of aromatic nitrogens is 2. The number of nitrogens with zero attached hydrogens (tertiary/aromatic N) is 2. The molecule has 2 aromatic heterocycles. The number of nitrogens with one attached hydrogen (secondary N) is 1. The van der Waals surface area contributed by atoms with Crippen molar-refractivity contribution in [2.45, 2.75) is 38.5 Å². The summed E-state index contributed by atoms with van der Waals surface area (Å²) in [6.07, 6.45) is 10.1. The molecule has 0 aromatic carbocycles. The summed E-state index contributed by atoms with van der Waals surface area (Å²) in [7, 11) is 0.